The van der Waals surface area contributed by atoms with Crippen LogP contribution in [0.15, 0.2) is 38.9 Å². The molecule has 0 spiro atoms. The molecule has 0 saturated carbocycles. The van der Waals surface area contributed by atoms with Crippen LogP contribution in [0, 0.1) is 6.92 Å². The van der Waals surface area contributed by atoms with Gasteiger partial charge in [0.2, 0.25) is 5.96 Å². The zero-order chi connectivity index (χ0) is 20.5. The smallest absolute Gasteiger partial charge is 0.416 e. The van der Waals surface area contributed by atoms with Gasteiger partial charge in [0.15, 0.2) is 5.76 Å². The summed E-state index contributed by atoms with van der Waals surface area (Å²) in [5.41, 5.74) is 11.5. The SMILES string of the molecule is Cc1c(C(=O)Nc2cccc(C(F)(F)F)c2)oc2c1/C(=N/N=C(N)N)CCC2. The van der Waals surface area contributed by atoms with Gasteiger partial charge in [0.1, 0.15) is 5.76 Å². The molecule has 0 radical (unpaired) electrons. The van der Waals surface area contributed by atoms with Crippen LogP contribution in [0.25, 0.3) is 0 Å². The van der Waals surface area contributed by atoms with E-state index in [2.05, 4.69) is 15.5 Å². The van der Waals surface area contributed by atoms with Gasteiger partial charge < -0.3 is 21.2 Å². The number of nitrogens with one attached hydrogen (secondary N) is 1. The molecule has 1 aliphatic rings. The highest BCUT2D eigenvalue weighted by atomic mass is 19.4. The van der Waals surface area contributed by atoms with Crippen LogP contribution in [0.2, 0.25) is 0 Å². The fraction of sp³-hybridized carbons (Fsp3) is 0.278. The van der Waals surface area contributed by atoms with Crippen LogP contribution in [0.4, 0.5) is 18.9 Å². The number of furan rings is 1. The van der Waals surface area contributed by atoms with Crippen molar-refractivity contribution < 1.29 is 22.4 Å². The number of anilines is 1. The Balaban J connectivity index is 1.90. The molecule has 0 fully saturated rings. The number of carbonyl (C=O) groups is 1. The average Bonchev–Trinajstić information content (AvgIpc) is 2.97. The molecule has 1 aromatic carbocycles. The van der Waals surface area contributed by atoms with Gasteiger partial charge in [-0.15, -0.1) is 5.10 Å². The van der Waals surface area contributed by atoms with Crippen molar-refractivity contribution in [3.63, 3.8) is 0 Å². The summed E-state index contributed by atoms with van der Waals surface area (Å²) in [7, 11) is 0. The Morgan fingerprint density at radius 2 is 2.00 bits per heavy atom. The van der Waals surface area contributed by atoms with Gasteiger partial charge >= 0.3 is 6.18 Å². The molecule has 0 saturated heterocycles. The number of hydrogen-bond donors (Lipinski definition) is 3. The first-order valence-electron chi connectivity index (χ1n) is 8.43. The number of rotatable bonds is 3. The predicted octanol–water partition coefficient (Wildman–Crippen LogP) is 3.17. The Labute approximate surface area is 158 Å². The van der Waals surface area contributed by atoms with Crippen LogP contribution in [0.1, 0.15) is 45.8 Å². The number of halogens is 3. The van der Waals surface area contributed by atoms with E-state index in [0.717, 1.165) is 18.6 Å². The van der Waals surface area contributed by atoms with E-state index in [4.69, 9.17) is 15.9 Å². The van der Waals surface area contributed by atoms with Gasteiger partial charge in [-0.05, 0) is 38.0 Å². The van der Waals surface area contributed by atoms with Gasteiger partial charge in [0, 0.05) is 23.2 Å². The zero-order valence-electron chi connectivity index (χ0n) is 14.9. The highest BCUT2D eigenvalue weighted by Crippen LogP contribution is 2.32. The lowest BCUT2D eigenvalue weighted by atomic mass is 9.93. The Kier molecular flexibility index (Phi) is 5.12. The van der Waals surface area contributed by atoms with Crippen molar-refractivity contribution in [3.8, 4) is 0 Å². The molecule has 0 aliphatic heterocycles. The van der Waals surface area contributed by atoms with Crippen molar-refractivity contribution in [2.45, 2.75) is 32.4 Å². The molecule has 7 nitrogen and oxygen atoms in total. The average molecular weight is 393 g/mol. The second-order valence-electron chi connectivity index (χ2n) is 6.31. The lowest BCUT2D eigenvalue weighted by molar-refractivity contribution is -0.137. The Morgan fingerprint density at radius 3 is 2.68 bits per heavy atom. The maximum atomic E-state index is 12.8. The van der Waals surface area contributed by atoms with Gasteiger partial charge in [-0.25, -0.2) is 0 Å². The van der Waals surface area contributed by atoms with Crippen LogP contribution in [-0.4, -0.2) is 17.6 Å². The summed E-state index contributed by atoms with van der Waals surface area (Å²) in [6.45, 7) is 1.68. The molecule has 0 bridgehead atoms. The number of carbonyl (C=O) groups excluding carboxylic acids is 1. The van der Waals surface area contributed by atoms with Crippen molar-refractivity contribution in [2.75, 3.05) is 5.32 Å². The lowest BCUT2D eigenvalue weighted by Gasteiger charge is -2.11. The molecule has 0 unspecified atom stereocenters. The second kappa shape index (κ2) is 7.37. The highest BCUT2D eigenvalue weighted by Gasteiger charge is 2.31. The number of hydrogen-bond acceptors (Lipinski definition) is 4. The van der Waals surface area contributed by atoms with Crippen LogP contribution in [0.5, 0.6) is 0 Å². The monoisotopic (exact) mass is 393 g/mol. The van der Waals surface area contributed by atoms with Crippen molar-refractivity contribution in [1.82, 2.24) is 0 Å². The number of amides is 1. The number of guanidine groups is 1. The first-order chi connectivity index (χ1) is 13.2. The topological polar surface area (TPSA) is 119 Å². The molecule has 10 heteroatoms. The number of aryl methyl sites for hydroxylation is 1. The van der Waals surface area contributed by atoms with E-state index in [-0.39, 0.29) is 17.4 Å². The standard InChI is InChI=1S/C18H18F3N5O2/c1-9-14-12(25-26-17(22)23)6-3-7-13(14)28-15(9)16(27)24-11-5-2-4-10(8-11)18(19,20)21/h2,4-5,8H,3,6-7H2,1H3,(H,24,27)(H4,22,23,26)/b25-12+. The van der Waals surface area contributed by atoms with Crippen LogP contribution in [0.3, 0.4) is 0 Å². The van der Waals surface area contributed by atoms with E-state index >= 15 is 0 Å². The third kappa shape index (κ3) is 4.00. The first kappa shape index (κ1) is 19.5. The van der Waals surface area contributed by atoms with E-state index in [9.17, 15) is 18.0 Å². The number of fused-ring (bicyclic) bond motifs is 1. The van der Waals surface area contributed by atoms with E-state index in [1.54, 1.807) is 6.92 Å². The second-order valence-corrected chi connectivity index (χ2v) is 6.31. The molecule has 148 valence electrons. The van der Waals surface area contributed by atoms with Crippen molar-refractivity contribution in [2.24, 2.45) is 21.7 Å². The van der Waals surface area contributed by atoms with Gasteiger partial charge in [-0.2, -0.15) is 18.3 Å². The minimum atomic E-state index is -4.50. The molecule has 0 atom stereocenters. The van der Waals surface area contributed by atoms with E-state index < -0.39 is 17.6 Å². The molecule has 3 rings (SSSR count). The van der Waals surface area contributed by atoms with Crippen molar-refractivity contribution >= 4 is 23.3 Å². The van der Waals surface area contributed by atoms with Gasteiger partial charge in [0.05, 0.1) is 11.3 Å². The lowest BCUT2D eigenvalue weighted by Crippen LogP contribution is -2.22. The number of benzene rings is 1. The first-order valence-corrected chi connectivity index (χ1v) is 8.43. The molecule has 1 amide bonds. The third-order valence-corrected chi connectivity index (χ3v) is 4.27. The quantitative estimate of drug-likeness (QED) is 0.421. The summed E-state index contributed by atoms with van der Waals surface area (Å²) in [6, 6.07) is 4.38. The van der Waals surface area contributed by atoms with E-state index in [0.29, 0.717) is 35.4 Å². The van der Waals surface area contributed by atoms with Crippen LogP contribution < -0.4 is 16.8 Å². The van der Waals surface area contributed by atoms with Crippen molar-refractivity contribution in [3.05, 3.63) is 52.5 Å². The van der Waals surface area contributed by atoms with Crippen LogP contribution >= 0.6 is 0 Å². The van der Waals surface area contributed by atoms with E-state index in [1.807, 2.05) is 0 Å². The summed E-state index contributed by atoms with van der Waals surface area (Å²) < 4.78 is 44.2. The zero-order valence-corrected chi connectivity index (χ0v) is 14.9. The molecule has 1 heterocycles. The maximum Gasteiger partial charge on any atom is 0.416 e. The number of alkyl halides is 3. The third-order valence-electron chi connectivity index (χ3n) is 4.27. The Hall–Kier alpha value is -3.30. The highest BCUT2D eigenvalue weighted by molar-refractivity contribution is 6.09. The fourth-order valence-electron chi connectivity index (χ4n) is 3.06. The minimum Gasteiger partial charge on any atom is -0.455 e. The van der Waals surface area contributed by atoms with Crippen LogP contribution in [-0.2, 0) is 12.6 Å². The summed E-state index contributed by atoms with van der Waals surface area (Å²) >= 11 is 0. The molecular formula is C18H18F3N5O2. The fourth-order valence-corrected chi connectivity index (χ4v) is 3.06. The number of nitrogens with two attached hydrogens (primary N) is 2. The summed E-state index contributed by atoms with van der Waals surface area (Å²) in [5.74, 6) is -0.250. The summed E-state index contributed by atoms with van der Waals surface area (Å²) in [4.78, 5) is 12.6. The van der Waals surface area contributed by atoms with Crippen molar-refractivity contribution in [1.29, 1.82) is 0 Å². The van der Waals surface area contributed by atoms with E-state index in [1.165, 1.54) is 12.1 Å². The molecule has 28 heavy (non-hydrogen) atoms. The number of nitrogens with zero attached hydrogens (tertiary/aromatic N) is 2. The van der Waals surface area contributed by atoms with Gasteiger partial charge in [-0.1, -0.05) is 6.07 Å². The maximum absolute atomic E-state index is 12.8. The summed E-state index contributed by atoms with van der Waals surface area (Å²) in [6.07, 6.45) is -2.54. The Morgan fingerprint density at radius 1 is 1.25 bits per heavy atom. The largest absolute Gasteiger partial charge is 0.455 e. The van der Waals surface area contributed by atoms with Gasteiger partial charge in [-0.3, -0.25) is 4.79 Å². The predicted molar refractivity (Wildman–Crippen MR) is 98.1 cm³/mol. The molecular weight excluding hydrogens is 375 g/mol. The summed E-state index contributed by atoms with van der Waals surface area (Å²) in [5, 5.41) is 10.1. The van der Waals surface area contributed by atoms with Gasteiger partial charge in [0.25, 0.3) is 5.91 Å². The molecule has 5 N–H and O–H groups in total. The Bertz CT molecular complexity index is 972. The molecule has 1 aromatic heterocycles. The molecule has 2 aromatic rings. The molecule has 1 aliphatic carbocycles. The minimum absolute atomic E-state index is 0.0155. The normalized spacial score (nSPS) is 15.2.